The molecule has 0 aliphatic carbocycles. The summed E-state index contributed by atoms with van der Waals surface area (Å²) < 4.78 is 39.7. The first kappa shape index (κ1) is 28.3. The highest BCUT2D eigenvalue weighted by molar-refractivity contribution is 7.92. The van der Waals surface area contributed by atoms with Crippen molar-refractivity contribution in [2.75, 3.05) is 23.7 Å². The van der Waals surface area contributed by atoms with E-state index in [0.29, 0.717) is 17.8 Å². The number of hydrogen-bond donors (Lipinski definition) is 1. The molecule has 2 rings (SSSR count). The minimum absolute atomic E-state index is 0.0590. The molecule has 2 amide bonds. The quantitative estimate of drug-likeness (QED) is 0.474. The SMILES string of the molecule is CCCNC(=O)C(C)N(Cc1ccc(F)cc1)C(=O)CCCN(c1cc(C)ccc1C)S(C)(=O)=O. The minimum Gasteiger partial charge on any atom is -0.354 e. The molecule has 0 fully saturated rings. The Morgan fingerprint density at radius 1 is 1.09 bits per heavy atom. The summed E-state index contributed by atoms with van der Waals surface area (Å²) in [5.41, 5.74) is 3.05. The first-order chi connectivity index (χ1) is 16.4. The van der Waals surface area contributed by atoms with Crippen LogP contribution in [0.4, 0.5) is 10.1 Å². The fourth-order valence-corrected chi connectivity index (χ4v) is 4.75. The monoisotopic (exact) mass is 505 g/mol. The Morgan fingerprint density at radius 3 is 2.34 bits per heavy atom. The Hall–Kier alpha value is -2.94. The van der Waals surface area contributed by atoms with Gasteiger partial charge < -0.3 is 10.2 Å². The van der Waals surface area contributed by atoms with Gasteiger partial charge in [0.25, 0.3) is 0 Å². The lowest BCUT2D eigenvalue weighted by molar-refractivity contribution is -0.140. The number of benzene rings is 2. The molecule has 1 unspecified atom stereocenters. The molecule has 0 aliphatic rings. The van der Waals surface area contributed by atoms with E-state index in [2.05, 4.69) is 5.32 Å². The number of rotatable bonds is 12. The Balaban J connectivity index is 2.18. The number of aryl methyl sites for hydroxylation is 2. The van der Waals surface area contributed by atoms with Crippen molar-refractivity contribution in [1.29, 1.82) is 0 Å². The van der Waals surface area contributed by atoms with Gasteiger partial charge in [-0.15, -0.1) is 0 Å². The smallest absolute Gasteiger partial charge is 0.242 e. The summed E-state index contributed by atoms with van der Waals surface area (Å²) in [6.45, 7) is 8.12. The van der Waals surface area contributed by atoms with E-state index in [-0.39, 0.29) is 43.6 Å². The van der Waals surface area contributed by atoms with Crippen molar-refractivity contribution in [3.8, 4) is 0 Å². The Kier molecular flexibility index (Phi) is 10.2. The Bertz CT molecular complexity index is 1120. The van der Waals surface area contributed by atoms with Crippen LogP contribution in [-0.4, -0.2) is 50.5 Å². The van der Waals surface area contributed by atoms with Crippen LogP contribution in [0.25, 0.3) is 0 Å². The predicted octanol–water partition coefficient (Wildman–Crippen LogP) is 3.93. The van der Waals surface area contributed by atoms with Gasteiger partial charge in [0.15, 0.2) is 0 Å². The third kappa shape index (κ3) is 8.35. The van der Waals surface area contributed by atoms with Gasteiger partial charge in [-0.05, 0) is 68.5 Å². The van der Waals surface area contributed by atoms with Gasteiger partial charge in [-0.25, -0.2) is 12.8 Å². The second-order valence-electron chi connectivity index (χ2n) is 8.84. The summed E-state index contributed by atoms with van der Waals surface area (Å²) in [4.78, 5) is 27.3. The number of carbonyl (C=O) groups is 2. The Labute approximate surface area is 208 Å². The summed E-state index contributed by atoms with van der Waals surface area (Å²) in [5, 5.41) is 2.81. The van der Waals surface area contributed by atoms with Gasteiger partial charge in [-0.3, -0.25) is 13.9 Å². The van der Waals surface area contributed by atoms with E-state index in [0.717, 1.165) is 23.8 Å². The summed E-state index contributed by atoms with van der Waals surface area (Å²) in [7, 11) is -3.56. The van der Waals surface area contributed by atoms with E-state index in [1.54, 1.807) is 19.1 Å². The molecule has 0 saturated carbocycles. The molecule has 0 aliphatic heterocycles. The summed E-state index contributed by atoms with van der Waals surface area (Å²) in [6, 6.07) is 10.7. The third-order valence-electron chi connectivity index (χ3n) is 5.77. The lowest BCUT2D eigenvalue weighted by Crippen LogP contribution is -2.47. The van der Waals surface area contributed by atoms with Crippen LogP contribution in [0, 0.1) is 19.7 Å². The van der Waals surface area contributed by atoms with Crippen LogP contribution in [0.3, 0.4) is 0 Å². The molecule has 7 nitrogen and oxygen atoms in total. The van der Waals surface area contributed by atoms with Gasteiger partial charge in [-0.1, -0.05) is 31.2 Å². The molecule has 9 heteroatoms. The highest BCUT2D eigenvalue weighted by Crippen LogP contribution is 2.24. The number of nitrogens with zero attached hydrogens (tertiary/aromatic N) is 2. The van der Waals surface area contributed by atoms with Crippen LogP contribution in [0.2, 0.25) is 0 Å². The lowest BCUT2D eigenvalue weighted by atomic mass is 10.1. The zero-order valence-corrected chi connectivity index (χ0v) is 22.0. The van der Waals surface area contributed by atoms with Crippen molar-refractivity contribution in [3.05, 3.63) is 65.0 Å². The molecule has 0 heterocycles. The average molecular weight is 506 g/mol. The first-order valence-corrected chi connectivity index (χ1v) is 13.7. The zero-order valence-electron chi connectivity index (χ0n) is 21.2. The van der Waals surface area contributed by atoms with E-state index in [1.807, 2.05) is 39.0 Å². The second kappa shape index (κ2) is 12.7. The normalized spacial score (nSPS) is 12.2. The minimum atomic E-state index is -3.56. The standard InChI is InChI=1S/C26H36FN3O4S/c1-6-15-28-26(32)21(4)29(18-22-11-13-23(27)14-12-22)25(31)8-7-16-30(35(5,33)34)24-17-19(2)9-10-20(24)3/h9-14,17,21H,6-8,15-16,18H2,1-5H3,(H,28,32). The van der Waals surface area contributed by atoms with Gasteiger partial charge in [-0.2, -0.15) is 0 Å². The molecular weight excluding hydrogens is 469 g/mol. The van der Waals surface area contributed by atoms with Gasteiger partial charge >= 0.3 is 0 Å². The largest absolute Gasteiger partial charge is 0.354 e. The van der Waals surface area contributed by atoms with Crippen molar-refractivity contribution in [3.63, 3.8) is 0 Å². The zero-order chi connectivity index (χ0) is 26.2. The van der Waals surface area contributed by atoms with Crippen LogP contribution in [0.5, 0.6) is 0 Å². The van der Waals surface area contributed by atoms with Crippen molar-refractivity contribution in [2.45, 2.75) is 59.5 Å². The molecule has 0 saturated heterocycles. The fourth-order valence-electron chi connectivity index (χ4n) is 3.74. The molecule has 0 bridgehead atoms. The maximum Gasteiger partial charge on any atom is 0.242 e. The summed E-state index contributed by atoms with van der Waals surface area (Å²) in [5.74, 6) is -0.925. The number of carbonyl (C=O) groups excluding carboxylic acids is 2. The van der Waals surface area contributed by atoms with E-state index >= 15 is 0 Å². The van der Waals surface area contributed by atoms with Gasteiger partial charge in [0.2, 0.25) is 21.8 Å². The first-order valence-electron chi connectivity index (χ1n) is 11.8. The molecule has 192 valence electrons. The number of hydrogen-bond acceptors (Lipinski definition) is 4. The second-order valence-corrected chi connectivity index (χ2v) is 10.8. The molecule has 1 N–H and O–H groups in total. The molecular formula is C26H36FN3O4S. The van der Waals surface area contributed by atoms with E-state index in [1.165, 1.54) is 21.3 Å². The third-order valence-corrected chi connectivity index (χ3v) is 6.95. The van der Waals surface area contributed by atoms with Crippen LogP contribution < -0.4 is 9.62 Å². The highest BCUT2D eigenvalue weighted by Gasteiger charge is 2.26. The molecule has 0 spiro atoms. The highest BCUT2D eigenvalue weighted by atomic mass is 32.2. The summed E-state index contributed by atoms with van der Waals surface area (Å²) in [6.07, 6.45) is 2.26. The summed E-state index contributed by atoms with van der Waals surface area (Å²) >= 11 is 0. The molecule has 2 aromatic rings. The number of halogens is 1. The van der Waals surface area contributed by atoms with E-state index in [9.17, 15) is 22.4 Å². The molecule has 1 atom stereocenters. The molecule has 0 radical (unpaired) electrons. The lowest BCUT2D eigenvalue weighted by Gasteiger charge is -2.29. The number of sulfonamides is 1. The predicted molar refractivity (Wildman–Crippen MR) is 137 cm³/mol. The van der Waals surface area contributed by atoms with Crippen molar-refractivity contribution in [1.82, 2.24) is 10.2 Å². The number of nitrogens with one attached hydrogen (secondary N) is 1. The average Bonchev–Trinajstić information content (AvgIpc) is 2.80. The Morgan fingerprint density at radius 2 is 1.74 bits per heavy atom. The van der Waals surface area contributed by atoms with Gasteiger partial charge in [0.1, 0.15) is 11.9 Å². The van der Waals surface area contributed by atoms with Crippen LogP contribution in [-0.2, 0) is 26.2 Å². The van der Waals surface area contributed by atoms with E-state index in [4.69, 9.17) is 0 Å². The van der Waals surface area contributed by atoms with Crippen molar-refractivity contribution in [2.24, 2.45) is 0 Å². The fraction of sp³-hybridized carbons (Fsp3) is 0.462. The van der Waals surface area contributed by atoms with Gasteiger partial charge in [0, 0.05) is 26.1 Å². The van der Waals surface area contributed by atoms with Crippen LogP contribution >= 0.6 is 0 Å². The number of amides is 2. The number of anilines is 1. The van der Waals surface area contributed by atoms with E-state index < -0.39 is 16.1 Å². The van der Waals surface area contributed by atoms with Gasteiger partial charge in [0.05, 0.1) is 11.9 Å². The van der Waals surface area contributed by atoms with Crippen molar-refractivity contribution >= 4 is 27.5 Å². The molecule has 0 aromatic heterocycles. The topological polar surface area (TPSA) is 86.8 Å². The molecule has 2 aromatic carbocycles. The van der Waals surface area contributed by atoms with Crippen LogP contribution in [0.1, 0.15) is 49.8 Å². The van der Waals surface area contributed by atoms with Crippen molar-refractivity contribution < 1.29 is 22.4 Å². The molecule has 35 heavy (non-hydrogen) atoms. The maximum atomic E-state index is 13.3. The van der Waals surface area contributed by atoms with Crippen LogP contribution in [0.15, 0.2) is 42.5 Å². The maximum absolute atomic E-state index is 13.3.